The summed E-state index contributed by atoms with van der Waals surface area (Å²) in [5.74, 6) is 1.09. The van der Waals surface area contributed by atoms with Gasteiger partial charge in [0.15, 0.2) is 0 Å². The van der Waals surface area contributed by atoms with E-state index in [0.29, 0.717) is 6.04 Å². The lowest BCUT2D eigenvalue weighted by molar-refractivity contribution is 0.0174. The number of likely N-dealkylation sites (tertiary alicyclic amines) is 1. The topological polar surface area (TPSA) is 24.5 Å². The summed E-state index contributed by atoms with van der Waals surface area (Å²) >= 11 is 0. The summed E-state index contributed by atoms with van der Waals surface area (Å²) in [5.41, 5.74) is 1.36. The molecule has 1 aromatic rings. The molecule has 1 fully saturated rings. The van der Waals surface area contributed by atoms with Crippen LogP contribution in [-0.2, 0) is 0 Å². The Hall–Kier alpha value is -1.06. The van der Waals surface area contributed by atoms with Crippen molar-refractivity contribution in [2.75, 3.05) is 26.7 Å². The van der Waals surface area contributed by atoms with Gasteiger partial charge in [-0.1, -0.05) is 25.1 Å². The molecule has 0 bridgehead atoms. The summed E-state index contributed by atoms with van der Waals surface area (Å²) in [6.45, 7) is 5.53. The molecule has 0 amide bonds. The van der Waals surface area contributed by atoms with Crippen LogP contribution in [-0.4, -0.2) is 37.2 Å². The zero-order valence-electron chi connectivity index (χ0n) is 12.7. The molecular weight excluding hydrogens is 248 g/mol. The lowest BCUT2D eigenvalue weighted by atomic mass is 9.82. The number of nitrogens with zero attached hydrogens (tertiary/aromatic N) is 1. The summed E-state index contributed by atoms with van der Waals surface area (Å²) in [5, 5.41) is 3.65. The first-order valence-corrected chi connectivity index (χ1v) is 7.92. The Bertz CT molecular complexity index is 462. The molecule has 20 heavy (non-hydrogen) atoms. The van der Waals surface area contributed by atoms with Crippen molar-refractivity contribution in [1.82, 2.24) is 10.2 Å². The van der Waals surface area contributed by atoms with E-state index < -0.39 is 0 Å². The minimum absolute atomic E-state index is 0.0337. The Labute approximate surface area is 122 Å². The molecule has 2 aliphatic heterocycles. The Morgan fingerprint density at radius 2 is 2.15 bits per heavy atom. The van der Waals surface area contributed by atoms with Crippen molar-refractivity contribution < 1.29 is 4.74 Å². The van der Waals surface area contributed by atoms with Gasteiger partial charge in [-0.15, -0.1) is 0 Å². The summed E-state index contributed by atoms with van der Waals surface area (Å²) in [6, 6.07) is 8.98. The molecule has 1 N–H and O–H groups in total. The van der Waals surface area contributed by atoms with Crippen LogP contribution in [0.2, 0.25) is 0 Å². The minimum Gasteiger partial charge on any atom is -0.487 e. The number of benzene rings is 1. The third kappa shape index (κ3) is 2.70. The van der Waals surface area contributed by atoms with Gasteiger partial charge >= 0.3 is 0 Å². The second-order valence-electron chi connectivity index (χ2n) is 6.29. The van der Waals surface area contributed by atoms with Crippen LogP contribution >= 0.6 is 0 Å². The molecule has 3 nitrogen and oxygen atoms in total. The summed E-state index contributed by atoms with van der Waals surface area (Å²) in [7, 11) is 2.22. The molecule has 0 radical (unpaired) electrons. The predicted molar refractivity (Wildman–Crippen MR) is 82.2 cm³/mol. The monoisotopic (exact) mass is 274 g/mol. The van der Waals surface area contributed by atoms with Gasteiger partial charge in [-0.25, -0.2) is 0 Å². The first-order chi connectivity index (χ1) is 9.72. The fraction of sp³-hybridized carbons (Fsp3) is 0.647. The smallest absolute Gasteiger partial charge is 0.124 e. The molecule has 0 aromatic heterocycles. The third-order valence-corrected chi connectivity index (χ3v) is 4.77. The van der Waals surface area contributed by atoms with Crippen LogP contribution in [0.5, 0.6) is 5.75 Å². The van der Waals surface area contributed by atoms with Crippen molar-refractivity contribution in [3.63, 3.8) is 0 Å². The lowest BCUT2D eigenvalue weighted by Crippen LogP contribution is -2.44. The first-order valence-electron chi connectivity index (χ1n) is 7.92. The van der Waals surface area contributed by atoms with Crippen LogP contribution < -0.4 is 10.1 Å². The molecule has 2 atom stereocenters. The van der Waals surface area contributed by atoms with E-state index in [0.717, 1.165) is 31.7 Å². The Morgan fingerprint density at radius 1 is 1.30 bits per heavy atom. The van der Waals surface area contributed by atoms with Gasteiger partial charge in [-0.3, -0.25) is 0 Å². The molecule has 0 saturated carbocycles. The quantitative estimate of drug-likeness (QED) is 0.897. The molecule has 1 spiro atoms. The van der Waals surface area contributed by atoms with E-state index >= 15 is 0 Å². The highest BCUT2D eigenvalue weighted by molar-refractivity contribution is 5.39. The number of rotatable bonds is 2. The number of hydrogen-bond acceptors (Lipinski definition) is 3. The number of nitrogens with one attached hydrogen (secondary N) is 1. The van der Waals surface area contributed by atoms with Gasteiger partial charge < -0.3 is 15.0 Å². The van der Waals surface area contributed by atoms with E-state index in [4.69, 9.17) is 4.74 Å². The molecule has 2 heterocycles. The molecule has 1 aromatic carbocycles. The highest BCUT2D eigenvalue weighted by Crippen LogP contribution is 2.43. The number of hydrogen-bond donors (Lipinski definition) is 1. The molecule has 110 valence electrons. The molecular formula is C17H26N2O. The maximum Gasteiger partial charge on any atom is 0.124 e. The normalized spacial score (nSPS) is 30.6. The molecule has 0 aliphatic carbocycles. The number of ether oxygens (including phenoxy) is 1. The van der Waals surface area contributed by atoms with E-state index in [9.17, 15) is 0 Å². The van der Waals surface area contributed by atoms with E-state index in [-0.39, 0.29) is 5.60 Å². The maximum atomic E-state index is 6.50. The van der Waals surface area contributed by atoms with Gasteiger partial charge in [0.2, 0.25) is 0 Å². The second-order valence-corrected chi connectivity index (χ2v) is 6.29. The predicted octanol–water partition coefficient (Wildman–Crippen LogP) is 2.97. The zero-order chi connectivity index (χ0) is 14.0. The van der Waals surface area contributed by atoms with Crippen LogP contribution in [0.3, 0.4) is 0 Å². The Kier molecular flexibility index (Phi) is 3.99. The van der Waals surface area contributed by atoms with Crippen molar-refractivity contribution in [2.45, 2.75) is 44.2 Å². The van der Waals surface area contributed by atoms with Crippen LogP contribution in [0.1, 0.15) is 44.2 Å². The molecule has 2 aliphatic rings. The Balaban J connectivity index is 1.88. The third-order valence-electron chi connectivity index (χ3n) is 4.77. The standard InChI is InChI=1S/C17H26N2O/c1-3-18-15-13-17(9-6-11-19(2)12-10-17)20-16-8-5-4-7-14(15)16/h4-5,7-8,15,18H,3,6,9-13H2,1-2H3. The number of fused-ring (bicyclic) bond motifs is 1. The van der Waals surface area contributed by atoms with Gasteiger partial charge in [0, 0.05) is 24.6 Å². The van der Waals surface area contributed by atoms with E-state index in [1.807, 2.05) is 0 Å². The zero-order valence-corrected chi connectivity index (χ0v) is 12.7. The molecule has 3 rings (SSSR count). The Morgan fingerprint density at radius 3 is 3.00 bits per heavy atom. The number of para-hydroxylation sites is 1. The van der Waals surface area contributed by atoms with Crippen LogP contribution in [0.4, 0.5) is 0 Å². The average Bonchev–Trinajstić information content (AvgIpc) is 2.62. The van der Waals surface area contributed by atoms with E-state index in [2.05, 4.69) is 48.5 Å². The van der Waals surface area contributed by atoms with Gasteiger partial charge in [0.25, 0.3) is 0 Å². The van der Waals surface area contributed by atoms with Gasteiger partial charge in [-0.05, 0) is 45.5 Å². The minimum atomic E-state index is 0.0337. The van der Waals surface area contributed by atoms with Crippen LogP contribution in [0.15, 0.2) is 24.3 Å². The van der Waals surface area contributed by atoms with Gasteiger partial charge in [0.05, 0.1) is 0 Å². The summed E-state index contributed by atoms with van der Waals surface area (Å²) in [6.07, 6.45) is 4.65. The highest BCUT2D eigenvalue weighted by Gasteiger charge is 2.41. The summed E-state index contributed by atoms with van der Waals surface area (Å²) < 4.78 is 6.50. The maximum absolute atomic E-state index is 6.50. The SMILES string of the molecule is CCNC1CC2(CCCN(C)CC2)Oc2ccccc21. The average molecular weight is 274 g/mol. The molecule has 1 saturated heterocycles. The van der Waals surface area contributed by atoms with Gasteiger partial charge in [-0.2, -0.15) is 0 Å². The van der Waals surface area contributed by atoms with Gasteiger partial charge in [0.1, 0.15) is 11.4 Å². The fourth-order valence-corrected chi connectivity index (χ4v) is 3.66. The molecule has 2 unspecified atom stereocenters. The van der Waals surface area contributed by atoms with Crippen molar-refractivity contribution >= 4 is 0 Å². The van der Waals surface area contributed by atoms with Crippen molar-refractivity contribution in [3.8, 4) is 5.75 Å². The molecule has 3 heteroatoms. The second kappa shape index (κ2) is 5.74. The largest absolute Gasteiger partial charge is 0.487 e. The highest BCUT2D eigenvalue weighted by atomic mass is 16.5. The van der Waals surface area contributed by atoms with Crippen LogP contribution in [0.25, 0.3) is 0 Å². The van der Waals surface area contributed by atoms with E-state index in [1.165, 1.54) is 24.9 Å². The van der Waals surface area contributed by atoms with E-state index in [1.54, 1.807) is 0 Å². The lowest BCUT2D eigenvalue weighted by Gasteiger charge is -2.42. The fourth-order valence-electron chi connectivity index (χ4n) is 3.66. The van der Waals surface area contributed by atoms with Crippen molar-refractivity contribution in [1.29, 1.82) is 0 Å². The first kappa shape index (κ1) is 13.9. The van der Waals surface area contributed by atoms with Crippen molar-refractivity contribution in [3.05, 3.63) is 29.8 Å². The van der Waals surface area contributed by atoms with Crippen LogP contribution in [0, 0.1) is 0 Å². The summed E-state index contributed by atoms with van der Waals surface area (Å²) in [4.78, 5) is 2.43. The van der Waals surface area contributed by atoms with Crippen molar-refractivity contribution in [2.24, 2.45) is 0 Å².